The van der Waals surface area contributed by atoms with Gasteiger partial charge in [0.05, 0.1) is 0 Å². The molecule has 24 heavy (non-hydrogen) atoms. The smallest absolute Gasteiger partial charge is 0.166 e. The molecule has 1 fully saturated rings. The number of carbonyl (C=O) groups excluding carboxylic acids is 1. The van der Waals surface area contributed by atoms with E-state index in [1.165, 1.54) is 49.9 Å². The van der Waals surface area contributed by atoms with E-state index < -0.39 is 0 Å². The van der Waals surface area contributed by atoms with Crippen molar-refractivity contribution in [1.82, 2.24) is 4.90 Å². The van der Waals surface area contributed by atoms with Gasteiger partial charge in [-0.25, -0.2) is 0 Å². The number of ketones is 1. The molecule has 1 saturated heterocycles. The van der Waals surface area contributed by atoms with Crippen molar-refractivity contribution in [2.45, 2.75) is 50.9 Å². The number of Topliss-reactive ketones (excluding diaryl/α,β-unsaturated/α-hetero) is 1. The van der Waals surface area contributed by atoms with E-state index >= 15 is 0 Å². The Morgan fingerprint density at radius 2 is 2.04 bits per heavy atom. The number of piperidine rings is 1. The second-order valence-corrected chi connectivity index (χ2v) is 7.97. The fourth-order valence-electron chi connectivity index (χ4n) is 5.12. The zero-order chi connectivity index (χ0) is 16.5. The summed E-state index contributed by atoms with van der Waals surface area (Å²) in [4.78, 5) is 15.5. The maximum atomic E-state index is 13.0. The molecule has 2 atom stereocenters. The first-order valence-electron chi connectivity index (χ1n) is 9.77. The summed E-state index contributed by atoms with van der Waals surface area (Å²) in [6.07, 6.45) is 10.4. The normalized spacial score (nSPS) is 27.8. The van der Waals surface area contributed by atoms with E-state index in [0.717, 1.165) is 31.4 Å². The second kappa shape index (κ2) is 6.84. The number of carbonyl (C=O) groups is 1. The summed E-state index contributed by atoms with van der Waals surface area (Å²) in [6.45, 7) is 7.35. The van der Waals surface area contributed by atoms with Crippen LogP contribution >= 0.6 is 0 Å². The molecule has 2 nitrogen and oxygen atoms in total. The van der Waals surface area contributed by atoms with Crippen LogP contribution in [0.5, 0.6) is 0 Å². The van der Waals surface area contributed by atoms with Gasteiger partial charge in [-0.05, 0) is 87.5 Å². The summed E-state index contributed by atoms with van der Waals surface area (Å²) in [5, 5.41) is 0. The number of allylic oxidation sites excluding steroid dienone is 1. The van der Waals surface area contributed by atoms with Crippen LogP contribution in [0.3, 0.4) is 0 Å². The molecule has 2 heteroatoms. The van der Waals surface area contributed by atoms with E-state index in [0.29, 0.717) is 17.6 Å². The number of rotatable bonds is 4. The van der Waals surface area contributed by atoms with Gasteiger partial charge in [-0.2, -0.15) is 0 Å². The summed E-state index contributed by atoms with van der Waals surface area (Å²) in [5.41, 5.74) is 3.91. The summed E-state index contributed by atoms with van der Waals surface area (Å²) in [5.74, 6) is 2.00. The van der Waals surface area contributed by atoms with E-state index in [2.05, 4.69) is 35.8 Å². The summed E-state index contributed by atoms with van der Waals surface area (Å²) in [7, 11) is 0. The Labute approximate surface area is 145 Å². The minimum absolute atomic E-state index is 0.243. The monoisotopic (exact) mass is 323 g/mol. The van der Waals surface area contributed by atoms with E-state index in [4.69, 9.17) is 0 Å². The standard InChI is InChI=1S/C22H29NO/c1-2-16-9-12-23(13-10-16)14-11-19-15-18-7-3-5-17-6-4-8-20(21(17)18)22(19)24/h2,4,6,8,16,18-19H,1,3,5,7,9-15H2/t18-,19-/m1/s1. The van der Waals surface area contributed by atoms with E-state index in [1.54, 1.807) is 0 Å². The largest absolute Gasteiger partial charge is 0.303 e. The summed E-state index contributed by atoms with van der Waals surface area (Å²) < 4.78 is 0. The molecule has 128 valence electrons. The van der Waals surface area contributed by atoms with Crippen LogP contribution in [0.1, 0.15) is 65.9 Å². The predicted molar refractivity (Wildman–Crippen MR) is 98.5 cm³/mol. The van der Waals surface area contributed by atoms with E-state index in [1.807, 2.05) is 0 Å². The Bertz CT molecular complexity index is 627. The quantitative estimate of drug-likeness (QED) is 0.755. The topological polar surface area (TPSA) is 20.3 Å². The Hall–Kier alpha value is -1.41. The number of likely N-dealkylation sites (tertiary alicyclic amines) is 1. The lowest BCUT2D eigenvalue weighted by atomic mass is 9.68. The van der Waals surface area contributed by atoms with Crippen molar-refractivity contribution in [1.29, 1.82) is 0 Å². The van der Waals surface area contributed by atoms with Crippen molar-refractivity contribution in [3.63, 3.8) is 0 Å². The van der Waals surface area contributed by atoms with Crippen molar-refractivity contribution in [2.24, 2.45) is 11.8 Å². The lowest BCUT2D eigenvalue weighted by Crippen LogP contribution is -2.36. The molecule has 1 aliphatic heterocycles. The lowest BCUT2D eigenvalue weighted by molar-refractivity contribution is 0.0860. The van der Waals surface area contributed by atoms with Crippen molar-refractivity contribution < 1.29 is 4.79 Å². The minimum Gasteiger partial charge on any atom is -0.303 e. The number of nitrogens with zero attached hydrogens (tertiary/aromatic N) is 1. The van der Waals surface area contributed by atoms with Gasteiger partial charge < -0.3 is 4.90 Å². The highest BCUT2D eigenvalue weighted by Crippen LogP contribution is 2.43. The zero-order valence-corrected chi connectivity index (χ0v) is 14.7. The Kier molecular flexibility index (Phi) is 4.58. The molecule has 0 unspecified atom stereocenters. The van der Waals surface area contributed by atoms with E-state index in [-0.39, 0.29) is 5.92 Å². The first-order valence-corrected chi connectivity index (χ1v) is 9.77. The van der Waals surface area contributed by atoms with Crippen LogP contribution in [0.4, 0.5) is 0 Å². The predicted octanol–water partition coefficient (Wildman–Crippen LogP) is 4.60. The molecule has 0 amide bonds. The van der Waals surface area contributed by atoms with Crippen molar-refractivity contribution in [3.05, 3.63) is 47.5 Å². The molecule has 2 aliphatic carbocycles. The number of hydrogen-bond donors (Lipinski definition) is 0. The van der Waals surface area contributed by atoms with Crippen molar-refractivity contribution in [3.8, 4) is 0 Å². The molecule has 1 aromatic rings. The van der Waals surface area contributed by atoms with Crippen LogP contribution in [-0.4, -0.2) is 30.3 Å². The Morgan fingerprint density at radius 1 is 1.21 bits per heavy atom. The molecule has 0 N–H and O–H groups in total. The molecule has 1 heterocycles. The minimum atomic E-state index is 0.243. The van der Waals surface area contributed by atoms with Crippen molar-refractivity contribution in [2.75, 3.05) is 19.6 Å². The lowest BCUT2D eigenvalue weighted by Gasteiger charge is -2.36. The van der Waals surface area contributed by atoms with Crippen LogP contribution < -0.4 is 0 Å². The molecular formula is C22H29NO. The highest BCUT2D eigenvalue weighted by Gasteiger charge is 2.36. The van der Waals surface area contributed by atoms with Crippen LogP contribution in [0, 0.1) is 11.8 Å². The maximum Gasteiger partial charge on any atom is 0.166 e. The zero-order valence-electron chi connectivity index (χ0n) is 14.7. The molecule has 1 aromatic carbocycles. The highest BCUT2D eigenvalue weighted by atomic mass is 16.1. The average molecular weight is 323 g/mol. The van der Waals surface area contributed by atoms with Gasteiger partial charge in [0.25, 0.3) is 0 Å². The number of hydrogen-bond acceptors (Lipinski definition) is 2. The average Bonchev–Trinajstić information content (AvgIpc) is 2.64. The van der Waals surface area contributed by atoms with Gasteiger partial charge in [0.15, 0.2) is 5.78 Å². The Balaban J connectivity index is 1.42. The van der Waals surface area contributed by atoms with E-state index in [9.17, 15) is 4.79 Å². The van der Waals surface area contributed by atoms with Gasteiger partial charge in [-0.3, -0.25) is 4.79 Å². The molecule has 3 aliphatic rings. The fraction of sp³-hybridized carbons (Fsp3) is 0.591. The van der Waals surface area contributed by atoms with Gasteiger partial charge in [0.2, 0.25) is 0 Å². The third-order valence-electron chi connectivity index (χ3n) is 6.57. The first kappa shape index (κ1) is 16.1. The SMILES string of the molecule is C=CC1CCN(CC[C@@H]2C[C@H]3CCCc4cccc(c43)C2=O)CC1. The van der Waals surface area contributed by atoms with Gasteiger partial charge in [0, 0.05) is 11.5 Å². The molecule has 0 aromatic heterocycles. The number of benzene rings is 1. The van der Waals surface area contributed by atoms with Gasteiger partial charge in [-0.1, -0.05) is 24.3 Å². The molecule has 4 rings (SSSR count). The van der Waals surface area contributed by atoms with Crippen molar-refractivity contribution >= 4 is 5.78 Å². The molecular weight excluding hydrogens is 294 g/mol. The highest BCUT2D eigenvalue weighted by molar-refractivity contribution is 6.01. The third kappa shape index (κ3) is 2.97. The van der Waals surface area contributed by atoms with Gasteiger partial charge in [-0.15, -0.1) is 6.58 Å². The van der Waals surface area contributed by atoms with Crippen LogP contribution in [-0.2, 0) is 6.42 Å². The molecule has 0 bridgehead atoms. The van der Waals surface area contributed by atoms with Gasteiger partial charge >= 0.3 is 0 Å². The first-order chi connectivity index (χ1) is 11.8. The van der Waals surface area contributed by atoms with Gasteiger partial charge in [0.1, 0.15) is 0 Å². The van der Waals surface area contributed by atoms with Crippen LogP contribution in [0.15, 0.2) is 30.9 Å². The summed E-state index contributed by atoms with van der Waals surface area (Å²) in [6, 6.07) is 6.42. The molecule has 0 spiro atoms. The third-order valence-corrected chi connectivity index (χ3v) is 6.57. The van der Waals surface area contributed by atoms with Crippen LogP contribution in [0.25, 0.3) is 0 Å². The fourth-order valence-corrected chi connectivity index (χ4v) is 5.12. The molecule has 0 radical (unpaired) electrons. The Morgan fingerprint density at radius 3 is 2.83 bits per heavy atom. The summed E-state index contributed by atoms with van der Waals surface area (Å²) >= 11 is 0. The maximum absolute atomic E-state index is 13.0. The second-order valence-electron chi connectivity index (χ2n) is 7.97. The van der Waals surface area contributed by atoms with Crippen LogP contribution in [0.2, 0.25) is 0 Å². The number of aryl methyl sites for hydroxylation is 1. The molecule has 0 saturated carbocycles.